The van der Waals surface area contributed by atoms with E-state index in [1.807, 2.05) is 0 Å². The smallest absolute Gasteiger partial charge is 0.322 e. The van der Waals surface area contributed by atoms with Crippen LogP contribution in [0.15, 0.2) is 11.3 Å². The molecule has 1 aliphatic carbocycles. The molecule has 2 saturated heterocycles. The zero-order valence-corrected chi connectivity index (χ0v) is 25.8. The van der Waals surface area contributed by atoms with Crippen molar-refractivity contribution in [1.29, 1.82) is 0 Å². The molecule has 3 fully saturated rings. The average molecular weight is 534 g/mol. The van der Waals surface area contributed by atoms with E-state index in [9.17, 15) is 9.59 Å². The van der Waals surface area contributed by atoms with Crippen LogP contribution in [0, 0.1) is 16.2 Å². The van der Waals surface area contributed by atoms with Gasteiger partial charge in [0.2, 0.25) is 5.91 Å². The first kappa shape index (κ1) is 28.8. The maximum atomic E-state index is 14.8. The lowest BCUT2D eigenvalue weighted by molar-refractivity contribution is -0.194. The molecule has 0 aromatic carbocycles. The molecular weight excluding hydrogens is 482 g/mol. The summed E-state index contributed by atoms with van der Waals surface area (Å²) in [6.45, 7) is 23.0. The Morgan fingerprint density at radius 3 is 2.16 bits per heavy atom. The lowest BCUT2D eigenvalue weighted by Crippen LogP contribution is -2.64. The van der Waals surface area contributed by atoms with Crippen LogP contribution in [0.25, 0.3) is 0 Å². The molecule has 1 amide bonds. The number of fused-ring (bicyclic) bond motifs is 2. The molecule has 0 aromatic rings. The Bertz CT molecular complexity index is 899. The number of hydrogen-bond donors (Lipinski definition) is 0. The molecular formula is C30H51NO5Si. The Morgan fingerprint density at radius 2 is 1.59 bits per heavy atom. The molecule has 4 rings (SSSR count). The quantitative estimate of drug-likeness (QED) is 0.209. The number of carbonyl (C=O) groups excluding carboxylic acids is 2. The Balaban J connectivity index is 1.74. The van der Waals surface area contributed by atoms with Gasteiger partial charge in [-0.25, -0.2) is 0 Å². The van der Waals surface area contributed by atoms with Gasteiger partial charge >= 0.3 is 5.97 Å². The molecule has 0 unspecified atom stereocenters. The molecule has 7 heteroatoms. The summed E-state index contributed by atoms with van der Waals surface area (Å²) < 4.78 is 17.2. The third-order valence-electron chi connectivity index (χ3n) is 11.4. The highest BCUT2D eigenvalue weighted by Gasteiger charge is 2.72. The molecule has 0 N–H and O–H groups in total. The zero-order chi connectivity index (χ0) is 27.4. The van der Waals surface area contributed by atoms with Crippen LogP contribution >= 0.6 is 0 Å². The number of rotatable bonds is 8. The fourth-order valence-electron chi connectivity index (χ4n) is 8.89. The standard InChI is InChI=1S/C30H51NO5Si/c1-20(2)37(21(3)4,22(5)6)24-12-10-23(11-13-25-34-16-17-35-25)31(18-24)26(32)30-15-14-29(9,28(30,7)8)19-36-27(30)33/h12,20-23,25H,10-11,13-19H2,1-9H3/t23-,29+,30+/m1/s1. The Kier molecular flexibility index (Phi) is 7.86. The molecule has 3 heterocycles. The molecule has 210 valence electrons. The van der Waals surface area contributed by atoms with E-state index in [1.165, 1.54) is 5.20 Å². The van der Waals surface area contributed by atoms with Crippen molar-refractivity contribution in [2.24, 2.45) is 16.2 Å². The van der Waals surface area contributed by atoms with Crippen molar-refractivity contribution in [3.8, 4) is 0 Å². The fraction of sp³-hybridized carbons (Fsp3) is 0.867. The summed E-state index contributed by atoms with van der Waals surface area (Å²) in [5, 5.41) is 1.49. The van der Waals surface area contributed by atoms with Gasteiger partial charge < -0.3 is 19.1 Å². The summed E-state index contributed by atoms with van der Waals surface area (Å²) in [7, 11) is -1.93. The minimum atomic E-state index is -1.93. The van der Waals surface area contributed by atoms with Gasteiger partial charge in [-0.2, -0.15) is 0 Å². The summed E-state index contributed by atoms with van der Waals surface area (Å²) in [6, 6.07) is 0.0361. The van der Waals surface area contributed by atoms with E-state index in [0.717, 1.165) is 25.7 Å². The minimum Gasteiger partial charge on any atom is -0.464 e. The largest absolute Gasteiger partial charge is 0.464 e. The van der Waals surface area contributed by atoms with Crippen molar-refractivity contribution in [2.45, 2.75) is 123 Å². The zero-order valence-electron chi connectivity index (χ0n) is 24.8. The van der Waals surface area contributed by atoms with Crippen molar-refractivity contribution in [1.82, 2.24) is 4.90 Å². The first-order valence-corrected chi connectivity index (χ1v) is 16.9. The summed E-state index contributed by atoms with van der Waals surface area (Å²) in [6.07, 6.45) is 6.11. The molecule has 2 bridgehead atoms. The molecule has 37 heavy (non-hydrogen) atoms. The number of esters is 1. The van der Waals surface area contributed by atoms with Crippen LogP contribution in [0.5, 0.6) is 0 Å². The predicted octanol–water partition coefficient (Wildman–Crippen LogP) is 6.25. The normalized spacial score (nSPS) is 32.4. The highest BCUT2D eigenvalue weighted by molar-refractivity contribution is 6.90. The second kappa shape index (κ2) is 10.1. The van der Waals surface area contributed by atoms with E-state index >= 15 is 0 Å². The van der Waals surface area contributed by atoms with E-state index in [1.54, 1.807) is 0 Å². The molecule has 0 radical (unpaired) electrons. The van der Waals surface area contributed by atoms with Gasteiger partial charge in [-0.15, -0.1) is 0 Å². The summed E-state index contributed by atoms with van der Waals surface area (Å²) in [5.74, 6) is -0.316. The van der Waals surface area contributed by atoms with E-state index in [2.05, 4.69) is 73.3 Å². The molecule has 6 nitrogen and oxygen atoms in total. The van der Waals surface area contributed by atoms with E-state index in [4.69, 9.17) is 14.2 Å². The summed E-state index contributed by atoms with van der Waals surface area (Å²) in [5.41, 5.74) is -0.0554. The van der Waals surface area contributed by atoms with Crippen LogP contribution in [0.2, 0.25) is 16.6 Å². The van der Waals surface area contributed by atoms with Gasteiger partial charge in [-0.05, 0) is 47.7 Å². The molecule has 1 saturated carbocycles. The number of amides is 1. The maximum Gasteiger partial charge on any atom is 0.322 e. The van der Waals surface area contributed by atoms with Crippen LogP contribution in [-0.4, -0.2) is 63.5 Å². The summed E-state index contributed by atoms with van der Waals surface area (Å²) >= 11 is 0. The second-order valence-corrected chi connectivity index (χ2v) is 19.8. The van der Waals surface area contributed by atoms with Gasteiger partial charge in [0.25, 0.3) is 0 Å². The van der Waals surface area contributed by atoms with Crippen LogP contribution < -0.4 is 0 Å². The molecule has 3 aliphatic heterocycles. The topological polar surface area (TPSA) is 65.1 Å². The van der Waals surface area contributed by atoms with Crippen LogP contribution in [0.4, 0.5) is 0 Å². The summed E-state index contributed by atoms with van der Waals surface area (Å²) in [4.78, 5) is 30.5. The van der Waals surface area contributed by atoms with Gasteiger partial charge in [0.05, 0.1) is 27.9 Å². The number of cyclic esters (lactones) is 1. The third kappa shape index (κ3) is 4.17. The van der Waals surface area contributed by atoms with E-state index < -0.39 is 18.9 Å². The number of ether oxygens (including phenoxy) is 3. The van der Waals surface area contributed by atoms with Crippen molar-refractivity contribution < 1.29 is 23.8 Å². The molecule has 0 aromatic heterocycles. The van der Waals surface area contributed by atoms with Gasteiger partial charge in [-0.1, -0.05) is 73.6 Å². The molecule has 4 aliphatic rings. The Hall–Kier alpha value is -1.18. The first-order chi connectivity index (χ1) is 17.3. The average Bonchev–Trinajstić information content (AvgIpc) is 3.37. The van der Waals surface area contributed by atoms with Crippen molar-refractivity contribution in [3.05, 3.63) is 11.3 Å². The lowest BCUT2D eigenvalue weighted by Gasteiger charge is -2.54. The maximum absolute atomic E-state index is 14.8. The molecule has 0 spiro atoms. The van der Waals surface area contributed by atoms with Crippen LogP contribution in [-0.2, 0) is 23.8 Å². The second-order valence-electron chi connectivity index (χ2n) is 13.9. The minimum absolute atomic E-state index is 0.00560. The van der Waals surface area contributed by atoms with Gasteiger partial charge in [0.1, 0.15) is 0 Å². The monoisotopic (exact) mass is 533 g/mol. The SMILES string of the molecule is CC(C)[Si](C1=CC[C@H](CCC2OCCO2)N(C(=O)[C@@]23CC[C@@](C)(COC2=O)C3(C)C)C1)(C(C)C)C(C)C. The van der Waals surface area contributed by atoms with Crippen LogP contribution in [0.1, 0.15) is 94.4 Å². The Labute approximate surface area is 225 Å². The van der Waals surface area contributed by atoms with Crippen LogP contribution in [0.3, 0.4) is 0 Å². The number of nitrogens with zero attached hydrogens (tertiary/aromatic N) is 1. The lowest BCUT2D eigenvalue weighted by atomic mass is 9.57. The van der Waals surface area contributed by atoms with E-state index in [0.29, 0.717) is 49.4 Å². The number of carbonyl (C=O) groups is 2. The molecule has 3 atom stereocenters. The van der Waals surface area contributed by atoms with E-state index in [-0.39, 0.29) is 29.6 Å². The fourth-order valence-corrected chi connectivity index (χ4v) is 16.0. The van der Waals surface area contributed by atoms with Gasteiger partial charge in [0.15, 0.2) is 11.7 Å². The highest BCUT2D eigenvalue weighted by atomic mass is 28.3. The third-order valence-corrected chi connectivity index (χ3v) is 18.6. The van der Waals surface area contributed by atoms with Crippen molar-refractivity contribution in [2.75, 3.05) is 26.4 Å². The highest BCUT2D eigenvalue weighted by Crippen LogP contribution is 2.66. The first-order valence-electron chi connectivity index (χ1n) is 14.7. The van der Waals surface area contributed by atoms with Crippen molar-refractivity contribution >= 4 is 20.0 Å². The van der Waals surface area contributed by atoms with Gasteiger partial charge in [-0.3, -0.25) is 9.59 Å². The number of hydrogen-bond acceptors (Lipinski definition) is 5. The predicted molar refractivity (Wildman–Crippen MR) is 149 cm³/mol. The van der Waals surface area contributed by atoms with Crippen molar-refractivity contribution in [3.63, 3.8) is 0 Å². The van der Waals surface area contributed by atoms with Gasteiger partial charge in [0, 0.05) is 24.4 Å². The Morgan fingerprint density at radius 1 is 1.00 bits per heavy atom.